The Balaban J connectivity index is 1.36. The number of hydrogen-bond donors (Lipinski definition) is 3. The van der Waals surface area contributed by atoms with Crippen LogP contribution in [0.3, 0.4) is 0 Å². The maximum atomic E-state index is 9.41. The average molecular weight is 446 g/mol. The molecule has 0 spiro atoms. The van der Waals surface area contributed by atoms with Crippen molar-refractivity contribution in [2.75, 3.05) is 38.0 Å². The summed E-state index contributed by atoms with van der Waals surface area (Å²) in [6.07, 6.45) is 5.27. The van der Waals surface area contributed by atoms with E-state index in [9.17, 15) is 5.11 Å². The van der Waals surface area contributed by atoms with Crippen molar-refractivity contribution >= 4 is 5.95 Å². The van der Waals surface area contributed by atoms with Gasteiger partial charge in [-0.2, -0.15) is 0 Å². The number of phenols is 1. The number of phenolic OH excluding ortho intramolecular Hbond substituents is 1. The Labute approximate surface area is 197 Å². The number of piperidine rings is 1. The average Bonchev–Trinajstić information content (AvgIpc) is 2.86. The smallest absolute Gasteiger partial charge is 0.223 e. The third kappa shape index (κ3) is 7.01. The molecular formula is C27H35N5O. The fourth-order valence-corrected chi connectivity index (χ4v) is 4.42. The number of aromatic hydroxyl groups is 1. The van der Waals surface area contributed by atoms with Gasteiger partial charge < -0.3 is 15.7 Å². The lowest BCUT2D eigenvalue weighted by molar-refractivity contribution is 0.210. The summed E-state index contributed by atoms with van der Waals surface area (Å²) in [4.78, 5) is 11.7. The van der Waals surface area contributed by atoms with Crippen molar-refractivity contribution < 1.29 is 5.11 Å². The summed E-state index contributed by atoms with van der Waals surface area (Å²) >= 11 is 0. The van der Waals surface area contributed by atoms with Crippen LogP contribution in [-0.2, 0) is 13.0 Å². The summed E-state index contributed by atoms with van der Waals surface area (Å²) in [5.74, 6) is 1.67. The van der Waals surface area contributed by atoms with E-state index in [1.165, 1.54) is 18.4 Å². The van der Waals surface area contributed by atoms with Gasteiger partial charge >= 0.3 is 0 Å². The van der Waals surface area contributed by atoms with Crippen molar-refractivity contribution in [1.29, 1.82) is 0 Å². The Morgan fingerprint density at radius 1 is 1.12 bits per heavy atom. The minimum atomic E-state index is 0.290. The molecule has 4 rings (SSSR count). The second kappa shape index (κ2) is 11.8. The first kappa shape index (κ1) is 23.2. The number of aromatic nitrogens is 2. The Kier molecular flexibility index (Phi) is 8.28. The fraction of sp³-hybridized carbons (Fsp3) is 0.407. The van der Waals surface area contributed by atoms with E-state index in [2.05, 4.69) is 51.7 Å². The van der Waals surface area contributed by atoms with Gasteiger partial charge in [-0.1, -0.05) is 37.3 Å². The second-order valence-electron chi connectivity index (χ2n) is 8.85. The molecule has 6 heteroatoms. The lowest BCUT2D eigenvalue weighted by Crippen LogP contribution is -2.38. The molecule has 0 aliphatic carbocycles. The van der Waals surface area contributed by atoms with Crippen LogP contribution in [0.1, 0.15) is 30.9 Å². The number of anilines is 1. The molecule has 1 saturated heterocycles. The lowest BCUT2D eigenvalue weighted by atomic mass is 9.98. The predicted molar refractivity (Wildman–Crippen MR) is 134 cm³/mol. The van der Waals surface area contributed by atoms with Gasteiger partial charge in [0.15, 0.2) is 0 Å². The van der Waals surface area contributed by atoms with E-state index in [1.54, 1.807) is 12.1 Å². The number of nitrogens with zero attached hydrogens (tertiary/aromatic N) is 3. The highest BCUT2D eigenvalue weighted by atomic mass is 16.3. The van der Waals surface area contributed by atoms with Gasteiger partial charge in [-0.15, -0.1) is 0 Å². The Morgan fingerprint density at radius 2 is 2.00 bits per heavy atom. The summed E-state index contributed by atoms with van der Waals surface area (Å²) in [6.45, 7) is 8.46. The van der Waals surface area contributed by atoms with E-state index < -0.39 is 0 Å². The highest BCUT2D eigenvalue weighted by Gasteiger charge is 2.16. The first-order valence-corrected chi connectivity index (χ1v) is 12.1. The van der Waals surface area contributed by atoms with E-state index in [-0.39, 0.29) is 5.75 Å². The molecular weight excluding hydrogens is 410 g/mol. The van der Waals surface area contributed by atoms with E-state index in [0.29, 0.717) is 5.95 Å². The summed E-state index contributed by atoms with van der Waals surface area (Å²) in [5.41, 5.74) is 4.53. The monoisotopic (exact) mass is 445 g/mol. The van der Waals surface area contributed by atoms with Gasteiger partial charge in [-0.25, -0.2) is 9.97 Å². The quantitative estimate of drug-likeness (QED) is 0.432. The second-order valence-corrected chi connectivity index (χ2v) is 8.85. The molecule has 1 aliphatic rings. The molecule has 1 aromatic heterocycles. The van der Waals surface area contributed by atoms with Crippen molar-refractivity contribution in [3.8, 4) is 17.0 Å². The van der Waals surface area contributed by atoms with Gasteiger partial charge in [0.25, 0.3) is 0 Å². The van der Waals surface area contributed by atoms with E-state index >= 15 is 0 Å². The molecule has 0 unspecified atom stereocenters. The molecule has 0 amide bonds. The van der Waals surface area contributed by atoms with Crippen LogP contribution >= 0.6 is 0 Å². The van der Waals surface area contributed by atoms with Crippen LogP contribution in [0.4, 0.5) is 5.95 Å². The van der Waals surface area contributed by atoms with Gasteiger partial charge in [0.1, 0.15) is 5.75 Å². The fourth-order valence-electron chi connectivity index (χ4n) is 4.42. The maximum Gasteiger partial charge on any atom is 0.223 e. The van der Waals surface area contributed by atoms with Gasteiger partial charge in [0, 0.05) is 31.4 Å². The van der Waals surface area contributed by atoms with Crippen LogP contribution in [0.2, 0.25) is 0 Å². The number of rotatable bonds is 10. The summed E-state index contributed by atoms with van der Waals surface area (Å²) < 4.78 is 0. The number of hydrogen-bond acceptors (Lipinski definition) is 6. The zero-order valence-corrected chi connectivity index (χ0v) is 19.5. The van der Waals surface area contributed by atoms with Crippen LogP contribution < -0.4 is 10.6 Å². The van der Waals surface area contributed by atoms with Crippen molar-refractivity contribution in [2.45, 2.75) is 32.7 Å². The SMILES string of the molecule is CCN(Cc1cccc(-c2ccnc(NCCc3ccc(O)cc3)n2)c1)C[C@@H]1CCCNC1. The number of nitrogens with one attached hydrogen (secondary N) is 2. The van der Waals surface area contributed by atoms with E-state index in [0.717, 1.165) is 68.4 Å². The van der Waals surface area contributed by atoms with Gasteiger partial charge in [-0.05, 0) is 80.2 Å². The maximum absolute atomic E-state index is 9.41. The standard InChI is InChI=1S/C27H35N5O/c1-2-32(20-23-6-4-14-28-18-23)19-22-5-3-7-24(17-22)26-13-16-30-27(31-26)29-15-12-21-8-10-25(33)11-9-21/h3,5,7-11,13,16-17,23,28,33H,2,4,6,12,14-15,18-20H2,1H3,(H,29,30,31)/t23-/m1/s1. The molecule has 174 valence electrons. The molecule has 3 aromatic rings. The molecule has 2 aromatic carbocycles. The largest absolute Gasteiger partial charge is 0.508 e. The van der Waals surface area contributed by atoms with E-state index in [1.807, 2.05) is 24.4 Å². The minimum Gasteiger partial charge on any atom is -0.508 e. The zero-order chi connectivity index (χ0) is 22.9. The predicted octanol–water partition coefficient (Wildman–Crippen LogP) is 4.33. The topological polar surface area (TPSA) is 73.3 Å². The molecule has 1 atom stereocenters. The molecule has 0 radical (unpaired) electrons. The third-order valence-electron chi connectivity index (χ3n) is 6.28. The zero-order valence-electron chi connectivity index (χ0n) is 19.5. The van der Waals surface area contributed by atoms with Crippen molar-refractivity contribution in [2.24, 2.45) is 5.92 Å². The van der Waals surface area contributed by atoms with Crippen molar-refractivity contribution in [3.63, 3.8) is 0 Å². The Hall–Kier alpha value is -2.96. The van der Waals surface area contributed by atoms with Gasteiger partial charge in [0.05, 0.1) is 5.69 Å². The molecule has 33 heavy (non-hydrogen) atoms. The van der Waals surface area contributed by atoms with Gasteiger partial charge in [-0.3, -0.25) is 4.90 Å². The third-order valence-corrected chi connectivity index (χ3v) is 6.28. The Morgan fingerprint density at radius 3 is 2.79 bits per heavy atom. The molecule has 6 nitrogen and oxygen atoms in total. The molecule has 0 bridgehead atoms. The summed E-state index contributed by atoms with van der Waals surface area (Å²) in [6, 6.07) is 18.0. The molecule has 1 fully saturated rings. The molecule has 3 N–H and O–H groups in total. The van der Waals surface area contributed by atoms with Gasteiger partial charge in [0.2, 0.25) is 5.95 Å². The number of benzene rings is 2. The molecule has 2 heterocycles. The molecule has 1 aliphatic heterocycles. The summed E-state index contributed by atoms with van der Waals surface area (Å²) in [5, 5.41) is 16.3. The van der Waals surface area contributed by atoms with Crippen LogP contribution in [0.15, 0.2) is 60.8 Å². The molecule has 0 saturated carbocycles. The normalized spacial score (nSPS) is 16.1. The summed E-state index contributed by atoms with van der Waals surface area (Å²) in [7, 11) is 0. The highest BCUT2D eigenvalue weighted by molar-refractivity contribution is 5.60. The first-order valence-electron chi connectivity index (χ1n) is 12.1. The lowest BCUT2D eigenvalue weighted by Gasteiger charge is -2.29. The minimum absolute atomic E-state index is 0.290. The first-order chi connectivity index (χ1) is 16.2. The van der Waals surface area contributed by atoms with Crippen LogP contribution in [0.25, 0.3) is 11.3 Å². The van der Waals surface area contributed by atoms with Crippen molar-refractivity contribution in [1.82, 2.24) is 20.2 Å². The Bertz CT molecular complexity index is 1000. The van der Waals surface area contributed by atoms with E-state index in [4.69, 9.17) is 4.98 Å². The van der Waals surface area contributed by atoms with Crippen molar-refractivity contribution in [3.05, 3.63) is 71.9 Å². The van der Waals surface area contributed by atoms with Crippen LogP contribution in [-0.4, -0.2) is 52.7 Å². The van der Waals surface area contributed by atoms with Crippen LogP contribution in [0, 0.1) is 5.92 Å². The highest BCUT2D eigenvalue weighted by Crippen LogP contribution is 2.21. The van der Waals surface area contributed by atoms with Crippen LogP contribution in [0.5, 0.6) is 5.75 Å².